The fraction of sp³-hybridized carbons (Fsp3) is 0.217. The Kier molecular flexibility index (Phi) is 4.98. The van der Waals surface area contributed by atoms with Gasteiger partial charge in [-0.3, -0.25) is 9.59 Å². The first-order valence-corrected chi connectivity index (χ1v) is 9.37. The van der Waals surface area contributed by atoms with Crippen molar-refractivity contribution in [2.24, 2.45) is 0 Å². The van der Waals surface area contributed by atoms with Crippen LogP contribution in [-0.4, -0.2) is 22.3 Å². The Hall–Kier alpha value is -3.34. The Morgan fingerprint density at radius 3 is 2.57 bits per heavy atom. The molecule has 1 N–H and O–H groups in total. The van der Waals surface area contributed by atoms with Gasteiger partial charge in [0.05, 0.1) is 0 Å². The summed E-state index contributed by atoms with van der Waals surface area (Å²) in [4.78, 5) is 28.8. The van der Waals surface area contributed by atoms with Crippen LogP contribution in [0.5, 0.6) is 5.75 Å². The minimum absolute atomic E-state index is 0.00264. The largest absolute Gasteiger partial charge is 0.489 e. The zero-order valence-electron chi connectivity index (χ0n) is 15.8. The molecule has 1 aliphatic rings. The Morgan fingerprint density at radius 2 is 1.82 bits per heavy atom. The summed E-state index contributed by atoms with van der Waals surface area (Å²) in [6, 6.07) is 17.1. The molecule has 0 atom stereocenters. The van der Waals surface area contributed by atoms with Crippen LogP contribution >= 0.6 is 0 Å². The van der Waals surface area contributed by atoms with Gasteiger partial charge in [0, 0.05) is 30.9 Å². The molecular formula is C23H22N2O3. The maximum Gasteiger partial charge on any atom is 0.254 e. The minimum Gasteiger partial charge on any atom is -0.489 e. The van der Waals surface area contributed by atoms with Crippen molar-refractivity contribution < 1.29 is 9.53 Å². The average Bonchev–Trinajstić information content (AvgIpc) is 2.73. The number of carbonyl (C=O) groups is 1. The van der Waals surface area contributed by atoms with E-state index in [2.05, 4.69) is 4.98 Å². The summed E-state index contributed by atoms with van der Waals surface area (Å²) in [5.74, 6) is 0.832. The van der Waals surface area contributed by atoms with Crippen LogP contribution in [-0.2, 0) is 19.6 Å². The monoisotopic (exact) mass is 374 g/mol. The number of nitrogens with one attached hydrogen (secondary N) is 1. The van der Waals surface area contributed by atoms with Gasteiger partial charge in [-0.1, -0.05) is 29.8 Å². The molecule has 0 bridgehead atoms. The van der Waals surface area contributed by atoms with E-state index in [1.54, 1.807) is 12.3 Å². The molecule has 0 saturated heterocycles. The highest BCUT2D eigenvalue weighted by Gasteiger charge is 2.22. The van der Waals surface area contributed by atoms with Gasteiger partial charge >= 0.3 is 0 Å². The number of ether oxygens (including phenoxy) is 1. The Bertz CT molecular complexity index is 1040. The average molecular weight is 374 g/mol. The van der Waals surface area contributed by atoms with Crippen molar-refractivity contribution in [1.82, 2.24) is 9.88 Å². The molecule has 0 saturated carbocycles. The molecule has 2 heterocycles. The van der Waals surface area contributed by atoms with Crippen LogP contribution in [0.4, 0.5) is 0 Å². The Balaban J connectivity index is 1.39. The second-order valence-corrected chi connectivity index (χ2v) is 7.12. The topological polar surface area (TPSA) is 62.4 Å². The molecule has 28 heavy (non-hydrogen) atoms. The zero-order valence-corrected chi connectivity index (χ0v) is 15.8. The third-order valence-electron chi connectivity index (χ3n) is 5.03. The molecule has 0 radical (unpaired) electrons. The number of hydrogen-bond acceptors (Lipinski definition) is 3. The van der Waals surface area contributed by atoms with Crippen LogP contribution in [0, 0.1) is 6.92 Å². The van der Waals surface area contributed by atoms with Crippen molar-refractivity contribution in [3.63, 3.8) is 0 Å². The van der Waals surface area contributed by atoms with Gasteiger partial charge in [0.25, 0.3) is 5.91 Å². The van der Waals surface area contributed by atoms with Crippen LogP contribution in [0.25, 0.3) is 0 Å². The lowest BCUT2D eigenvalue weighted by Gasteiger charge is -2.28. The zero-order chi connectivity index (χ0) is 19.5. The molecule has 0 unspecified atom stereocenters. The van der Waals surface area contributed by atoms with Crippen LogP contribution in [0.15, 0.2) is 65.6 Å². The summed E-state index contributed by atoms with van der Waals surface area (Å²) in [5, 5.41) is 0. The van der Waals surface area contributed by atoms with E-state index in [0.29, 0.717) is 31.7 Å². The van der Waals surface area contributed by atoms with E-state index in [9.17, 15) is 9.59 Å². The van der Waals surface area contributed by atoms with Crippen molar-refractivity contribution >= 4 is 5.91 Å². The number of nitrogens with zero attached hydrogens (tertiary/aromatic N) is 1. The first kappa shape index (κ1) is 18.0. The van der Waals surface area contributed by atoms with Crippen molar-refractivity contribution in [1.29, 1.82) is 0 Å². The lowest BCUT2D eigenvalue weighted by Crippen LogP contribution is -2.36. The second-order valence-electron chi connectivity index (χ2n) is 7.12. The number of aryl methyl sites for hydroxylation is 1. The van der Waals surface area contributed by atoms with Gasteiger partial charge in [0.2, 0.25) is 5.56 Å². The molecule has 0 aliphatic carbocycles. The van der Waals surface area contributed by atoms with Gasteiger partial charge in [0.1, 0.15) is 12.4 Å². The molecule has 4 rings (SSSR count). The molecule has 1 aliphatic heterocycles. The minimum atomic E-state index is -0.0954. The molecule has 3 aromatic rings. The van der Waals surface area contributed by atoms with E-state index in [1.807, 2.05) is 60.4 Å². The number of benzene rings is 2. The summed E-state index contributed by atoms with van der Waals surface area (Å²) < 4.78 is 5.79. The normalized spacial score (nSPS) is 13.1. The van der Waals surface area contributed by atoms with Gasteiger partial charge in [-0.2, -0.15) is 0 Å². The summed E-state index contributed by atoms with van der Waals surface area (Å²) in [6.45, 7) is 3.64. The first-order valence-electron chi connectivity index (χ1n) is 9.37. The molecule has 5 nitrogen and oxygen atoms in total. The fourth-order valence-corrected chi connectivity index (χ4v) is 3.36. The number of rotatable bonds is 4. The summed E-state index contributed by atoms with van der Waals surface area (Å²) in [6.07, 6.45) is 2.41. The van der Waals surface area contributed by atoms with Gasteiger partial charge in [-0.15, -0.1) is 0 Å². The number of pyridine rings is 1. The van der Waals surface area contributed by atoms with Crippen LogP contribution in [0.1, 0.15) is 32.6 Å². The molecule has 1 aromatic heterocycles. The lowest BCUT2D eigenvalue weighted by atomic mass is 10.0. The van der Waals surface area contributed by atoms with Gasteiger partial charge in [-0.25, -0.2) is 0 Å². The molecular weight excluding hydrogens is 352 g/mol. The number of amides is 1. The summed E-state index contributed by atoms with van der Waals surface area (Å²) in [7, 11) is 0. The van der Waals surface area contributed by atoms with E-state index in [1.165, 1.54) is 5.56 Å². The molecule has 5 heteroatoms. The smallest absolute Gasteiger partial charge is 0.254 e. The maximum absolute atomic E-state index is 12.8. The first-order chi connectivity index (χ1) is 13.6. The van der Waals surface area contributed by atoms with E-state index in [-0.39, 0.29) is 11.5 Å². The van der Waals surface area contributed by atoms with E-state index < -0.39 is 0 Å². The highest BCUT2D eigenvalue weighted by atomic mass is 16.5. The molecule has 142 valence electrons. The Morgan fingerprint density at radius 1 is 1.07 bits per heavy atom. The van der Waals surface area contributed by atoms with E-state index in [0.717, 1.165) is 22.4 Å². The maximum atomic E-state index is 12.8. The molecule has 0 fully saturated rings. The molecule has 0 spiro atoms. The molecule has 2 aromatic carbocycles. The highest BCUT2D eigenvalue weighted by molar-refractivity contribution is 5.94. The highest BCUT2D eigenvalue weighted by Crippen LogP contribution is 2.19. The molecule has 1 amide bonds. The van der Waals surface area contributed by atoms with E-state index >= 15 is 0 Å². The second kappa shape index (κ2) is 7.72. The van der Waals surface area contributed by atoms with Gasteiger partial charge < -0.3 is 14.6 Å². The Labute approximate surface area is 163 Å². The SMILES string of the molecule is Cc1ccc(OCc2ccc(C(=O)N3CCc4cc(=O)[nH]cc4C3)cc2)cc1. The third-order valence-corrected chi connectivity index (χ3v) is 5.03. The lowest BCUT2D eigenvalue weighted by molar-refractivity contribution is 0.0734. The number of fused-ring (bicyclic) bond motifs is 1. The van der Waals surface area contributed by atoms with Crippen molar-refractivity contribution in [2.75, 3.05) is 6.54 Å². The number of hydrogen-bond donors (Lipinski definition) is 1. The number of aromatic amines is 1. The van der Waals surface area contributed by atoms with E-state index in [4.69, 9.17) is 4.74 Å². The van der Waals surface area contributed by atoms with Crippen LogP contribution in [0.2, 0.25) is 0 Å². The summed E-state index contributed by atoms with van der Waals surface area (Å²) in [5.41, 5.74) is 4.80. The van der Waals surface area contributed by atoms with Crippen molar-refractivity contribution in [3.05, 3.63) is 99.0 Å². The number of aromatic nitrogens is 1. The van der Waals surface area contributed by atoms with Gasteiger partial charge in [0.15, 0.2) is 0 Å². The third kappa shape index (κ3) is 3.98. The quantitative estimate of drug-likeness (QED) is 0.761. The number of H-pyrrole nitrogens is 1. The van der Waals surface area contributed by atoms with Crippen molar-refractivity contribution in [2.45, 2.75) is 26.5 Å². The number of carbonyl (C=O) groups excluding carboxylic acids is 1. The van der Waals surface area contributed by atoms with Gasteiger partial charge in [-0.05, 0) is 54.3 Å². The van der Waals surface area contributed by atoms with Crippen LogP contribution in [0.3, 0.4) is 0 Å². The predicted molar refractivity (Wildman–Crippen MR) is 107 cm³/mol. The fourth-order valence-electron chi connectivity index (χ4n) is 3.36. The summed E-state index contributed by atoms with van der Waals surface area (Å²) >= 11 is 0. The predicted octanol–water partition coefficient (Wildman–Crippen LogP) is 3.46. The van der Waals surface area contributed by atoms with Crippen molar-refractivity contribution in [3.8, 4) is 5.75 Å². The van der Waals surface area contributed by atoms with Crippen LogP contribution < -0.4 is 10.3 Å². The standard InChI is InChI=1S/C23H22N2O3/c1-16-2-8-21(9-3-16)28-15-17-4-6-18(7-5-17)23(27)25-11-10-19-12-22(26)24-13-20(19)14-25/h2-9,12-13H,10-11,14-15H2,1H3,(H,24,26).